The first-order chi connectivity index (χ1) is 9.88. The number of aliphatic carboxylic acids is 2. The van der Waals surface area contributed by atoms with Crippen LogP contribution in [0, 0.1) is 0 Å². The molecule has 5 N–H and O–H groups in total. The fraction of sp³-hybridized carbons (Fsp3) is 0.857. The maximum absolute atomic E-state index is 10.3. The number of carbonyl (C=O) groups is 2. The summed E-state index contributed by atoms with van der Waals surface area (Å²) in [5, 5.41) is 31.0. The molecule has 0 bridgehead atoms. The van der Waals surface area contributed by atoms with Crippen LogP contribution < -0.4 is 10.6 Å². The fourth-order valence-corrected chi connectivity index (χ4v) is 2.29. The smallest absolute Gasteiger partial charge is 0.323 e. The van der Waals surface area contributed by atoms with Crippen molar-refractivity contribution in [3.63, 3.8) is 0 Å². The molecule has 1 saturated carbocycles. The van der Waals surface area contributed by atoms with Crippen molar-refractivity contribution in [1.29, 1.82) is 0 Å². The lowest BCUT2D eigenvalue weighted by molar-refractivity contribution is -0.142. The van der Waals surface area contributed by atoms with E-state index in [1.54, 1.807) is 0 Å². The second-order valence-electron chi connectivity index (χ2n) is 5.31. The normalized spacial score (nSPS) is 18.8. The molecule has 0 amide bonds. The zero-order chi connectivity index (χ0) is 16.3. The van der Waals surface area contributed by atoms with E-state index in [9.17, 15) is 9.59 Å². The van der Waals surface area contributed by atoms with E-state index in [1.807, 2.05) is 0 Å². The van der Waals surface area contributed by atoms with Gasteiger partial charge in [0.25, 0.3) is 0 Å². The first-order valence-corrected chi connectivity index (χ1v) is 7.41. The highest BCUT2D eigenvalue weighted by molar-refractivity contribution is 5.74. The van der Waals surface area contributed by atoms with Crippen LogP contribution in [-0.4, -0.2) is 59.0 Å². The summed E-state index contributed by atoms with van der Waals surface area (Å²) in [6, 6.07) is -0.409. The van der Waals surface area contributed by atoms with Gasteiger partial charge in [0.15, 0.2) is 0 Å². The second-order valence-corrected chi connectivity index (χ2v) is 5.31. The zero-order valence-corrected chi connectivity index (χ0v) is 12.8. The SMILES string of the molecule is CN[C@H](C(=O)O)[C@@H](C)O.O=C(O)CNC1CCCCCC1. The molecule has 2 atom stereocenters. The van der Waals surface area contributed by atoms with Gasteiger partial charge in [-0.15, -0.1) is 0 Å². The molecule has 0 unspecified atom stereocenters. The van der Waals surface area contributed by atoms with E-state index < -0.39 is 24.1 Å². The van der Waals surface area contributed by atoms with Crippen molar-refractivity contribution in [1.82, 2.24) is 10.6 Å². The summed E-state index contributed by atoms with van der Waals surface area (Å²) >= 11 is 0. The third kappa shape index (κ3) is 10.2. The van der Waals surface area contributed by atoms with Crippen LogP contribution >= 0.6 is 0 Å². The summed E-state index contributed by atoms with van der Waals surface area (Å²) in [4.78, 5) is 20.4. The molecule has 0 aromatic rings. The Kier molecular flexibility index (Phi) is 10.8. The molecule has 0 saturated heterocycles. The summed E-state index contributed by atoms with van der Waals surface area (Å²) in [6.45, 7) is 1.54. The lowest BCUT2D eigenvalue weighted by Crippen LogP contribution is -2.42. The molecular weight excluding hydrogens is 276 g/mol. The summed E-state index contributed by atoms with van der Waals surface area (Å²) in [5.74, 6) is -1.79. The van der Waals surface area contributed by atoms with E-state index in [0.29, 0.717) is 6.04 Å². The number of rotatable bonds is 6. The van der Waals surface area contributed by atoms with Crippen molar-refractivity contribution in [3.8, 4) is 0 Å². The Bertz CT molecular complexity index is 302. The van der Waals surface area contributed by atoms with E-state index in [1.165, 1.54) is 39.7 Å². The number of carboxylic acids is 2. The maximum atomic E-state index is 10.3. The number of nitrogens with one attached hydrogen (secondary N) is 2. The van der Waals surface area contributed by atoms with E-state index >= 15 is 0 Å². The van der Waals surface area contributed by atoms with Gasteiger partial charge < -0.3 is 26.0 Å². The molecule has 7 nitrogen and oxygen atoms in total. The quantitative estimate of drug-likeness (QED) is 0.451. The predicted molar refractivity (Wildman–Crippen MR) is 79.3 cm³/mol. The van der Waals surface area contributed by atoms with Crippen LogP contribution in [0.4, 0.5) is 0 Å². The van der Waals surface area contributed by atoms with Crippen molar-refractivity contribution >= 4 is 11.9 Å². The van der Waals surface area contributed by atoms with Gasteiger partial charge in [0, 0.05) is 6.04 Å². The highest BCUT2D eigenvalue weighted by Gasteiger charge is 2.19. The Labute approximate surface area is 125 Å². The van der Waals surface area contributed by atoms with Crippen molar-refractivity contribution in [2.75, 3.05) is 13.6 Å². The molecule has 0 aromatic heterocycles. The third-order valence-electron chi connectivity index (χ3n) is 3.46. The Hall–Kier alpha value is -1.18. The van der Waals surface area contributed by atoms with Gasteiger partial charge in [-0.05, 0) is 26.8 Å². The number of carboxylic acid groups (broad SMARTS) is 2. The largest absolute Gasteiger partial charge is 0.480 e. The monoisotopic (exact) mass is 304 g/mol. The second kappa shape index (κ2) is 11.5. The Balaban J connectivity index is 0.000000400. The summed E-state index contributed by atoms with van der Waals surface area (Å²) < 4.78 is 0. The number of likely N-dealkylation sites (N-methyl/N-ethyl adjacent to an activating group) is 1. The highest BCUT2D eigenvalue weighted by atomic mass is 16.4. The lowest BCUT2D eigenvalue weighted by Gasteiger charge is -2.13. The summed E-state index contributed by atoms with van der Waals surface area (Å²) in [6.07, 6.45) is 6.55. The first-order valence-electron chi connectivity index (χ1n) is 7.41. The van der Waals surface area contributed by atoms with Crippen LogP contribution in [0.15, 0.2) is 0 Å². The molecule has 0 heterocycles. The van der Waals surface area contributed by atoms with E-state index in [-0.39, 0.29) is 6.54 Å². The molecule has 0 radical (unpaired) electrons. The van der Waals surface area contributed by atoms with Crippen LogP contribution in [0.1, 0.15) is 45.4 Å². The minimum Gasteiger partial charge on any atom is -0.480 e. The Morgan fingerprint density at radius 3 is 1.95 bits per heavy atom. The molecule has 7 heteroatoms. The van der Waals surface area contributed by atoms with Gasteiger partial charge in [0.2, 0.25) is 0 Å². The van der Waals surface area contributed by atoms with Crippen LogP contribution in [0.25, 0.3) is 0 Å². The molecule has 124 valence electrons. The van der Waals surface area contributed by atoms with Gasteiger partial charge in [0.05, 0.1) is 12.6 Å². The van der Waals surface area contributed by atoms with E-state index in [4.69, 9.17) is 15.3 Å². The van der Waals surface area contributed by atoms with Gasteiger partial charge in [-0.25, -0.2) is 0 Å². The molecule has 0 spiro atoms. The molecule has 0 aromatic carbocycles. The predicted octanol–water partition coefficient (Wildman–Crippen LogP) is 0.423. The molecule has 1 aliphatic rings. The standard InChI is InChI=1S/C9H17NO2.C5H11NO3/c11-9(12)7-10-8-5-3-1-2-4-6-8;1-3(7)4(6-2)5(8)9/h8,10H,1-7H2,(H,11,12);3-4,6-7H,1-2H3,(H,8,9)/t;3-,4+/m.1/s1. The number of hydrogen-bond donors (Lipinski definition) is 5. The molecular formula is C14H28N2O5. The van der Waals surface area contributed by atoms with Gasteiger partial charge in [-0.2, -0.15) is 0 Å². The molecule has 1 aliphatic carbocycles. The topological polar surface area (TPSA) is 119 Å². The van der Waals surface area contributed by atoms with E-state index in [0.717, 1.165) is 12.8 Å². The van der Waals surface area contributed by atoms with Crippen molar-refractivity contribution in [2.45, 2.75) is 63.6 Å². The van der Waals surface area contributed by atoms with E-state index in [2.05, 4.69) is 10.6 Å². The number of hydrogen-bond acceptors (Lipinski definition) is 5. The van der Waals surface area contributed by atoms with Crippen molar-refractivity contribution < 1.29 is 24.9 Å². The van der Waals surface area contributed by atoms with Crippen molar-refractivity contribution in [3.05, 3.63) is 0 Å². The highest BCUT2D eigenvalue weighted by Crippen LogP contribution is 2.16. The van der Waals surface area contributed by atoms with Crippen LogP contribution in [0.5, 0.6) is 0 Å². The summed E-state index contributed by atoms with van der Waals surface area (Å²) in [5.41, 5.74) is 0. The Morgan fingerprint density at radius 2 is 1.67 bits per heavy atom. The molecule has 21 heavy (non-hydrogen) atoms. The van der Waals surface area contributed by atoms with Gasteiger partial charge in [-0.3, -0.25) is 9.59 Å². The molecule has 0 aliphatic heterocycles. The van der Waals surface area contributed by atoms with Crippen LogP contribution in [0.3, 0.4) is 0 Å². The molecule has 1 rings (SSSR count). The number of aliphatic hydroxyl groups excluding tert-OH is 1. The fourth-order valence-electron chi connectivity index (χ4n) is 2.29. The number of aliphatic hydroxyl groups is 1. The average Bonchev–Trinajstić information content (AvgIpc) is 2.65. The third-order valence-corrected chi connectivity index (χ3v) is 3.46. The van der Waals surface area contributed by atoms with Gasteiger partial charge in [-0.1, -0.05) is 25.7 Å². The lowest BCUT2D eigenvalue weighted by atomic mass is 10.1. The first kappa shape index (κ1) is 19.8. The summed E-state index contributed by atoms with van der Waals surface area (Å²) in [7, 11) is 1.49. The maximum Gasteiger partial charge on any atom is 0.323 e. The van der Waals surface area contributed by atoms with Crippen LogP contribution in [0.2, 0.25) is 0 Å². The Morgan fingerprint density at radius 1 is 1.14 bits per heavy atom. The van der Waals surface area contributed by atoms with Gasteiger partial charge >= 0.3 is 11.9 Å². The van der Waals surface area contributed by atoms with Crippen LogP contribution in [-0.2, 0) is 9.59 Å². The minimum absolute atomic E-state index is 0.116. The van der Waals surface area contributed by atoms with Crippen molar-refractivity contribution in [2.24, 2.45) is 0 Å². The zero-order valence-electron chi connectivity index (χ0n) is 12.8. The molecule has 1 fully saturated rings. The average molecular weight is 304 g/mol. The van der Waals surface area contributed by atoms with Gasteiger partial charge in [0.1, 0.15) is 6.04 Å². The minimum atomic E-state index is -1.03.